The lowest BCUT2D eigenvalue weighted by molar-refractivity contribution is -0.384. The molecular formula is C23H19ClN2O5. The summed E-state index contributed by atoms with van der Waals surface area (Å²) in [5.74, 6) is -1.20. The van der Waals surface area contributed by atoms with Gasteiger partial charge in [-0.1, -0.05) is 72.3 Å². The standard InChI is InChI=1S/C23H19ClN2O5/c24-21-13-19(26(29)30)11-12-20(21)23(28)31-16-22(27)25(14-17-7-3-1-4-8-17)15-18-9-5-2-6-10-18/h1-13H,14-16H2. The number of halogens is 1. The van der Waals surface area contributed by atoms with Gasteiger partial charge in [-0.15, -0.1) is 0 Å². The van der Waals surface area contributed by atoms with Crippen molar-refractivity contribution in [1.29, 1.82) is 0 Å². The summed E-state index contributed by atoms with van der Waals surface area (Å²) in [5, 5.41) is 10.7. The number of carbonyl (C=O) groups is 2. The second kappa shape index (κ2) is 10.4. The summed E-state index contributed by atoms with van der Waals surface area (Å²) in [5.41, 5.74) is 1.60. The van der Waals surface area contributed by atoms with Crippen LogP contribution >= 0.6 is 11.6 Å². The molecule has 0 aliphatic carbocycles. The van der Waals surface area contributed by atoms with Crippen LogP contribution in [0.1, 0.15) is 21.5 Å². The van der Waals surface area contributed by atoms with E-state index in [2.05, 4.69) is 0 Å². The molecule has 0 heterocycles. The molecular weight excluding hydrogens is 420 g/mol. The van der Waals surface area contributed by atoms with Gasteiger partial charge >= 0.3 is 5.97 Å². The molecule has 158 valence electrons. The Morgan fingerprint density at radius 1 is 0.903 bits per heavy atom. The lowest BCUT2D eigenvalue weighted by Crippen LogP contribution is -2.34. The molecule has 8 heteroatoms. The Morgan fingerprint density at radius 3 is 1.94 bits per heavy atom. The third-order valence-corrected chi connectivity index (χ3v) is 4.81. The molecule has 3 aromatic rings. The summed E-state index contributed by atoms with van der Waals surface area (Å²) in [6.45, 7) is 0.223. The van der Waals surface area contributed by atoms with Gasteiger partial charge in [-0.25, -0.2) is 4.79 Å². The van der Waals surface area contributed by atoms with Crippen molar-refractivity contribution in [3.63, 3.8) is 0 Å². The van der Waals surface area contributed by atoms with Crippen LogP contribution in [-0.4, -0.2) is 28.3 Å². The first-order valence-electron chi connectivity index (χ1n) is 9.40. The van der Waals surface area contributed by atoms with Crippen molar-refractivity contribution >= 4 is 29.2 Å². The van der Waals surface area contributed by atoms with E-state index in [0.29, 0.717) is 13.1 Å². The lowest BCUT2D eigenvalue weighted by atomic mass is 10.1. The quantitative estimate of drug-likeness (QED) is 0.290. The SMILES string of the molecule is O=C(OCC(=O)N(Cc1ccccc1)Cc1ccccc1)c1ccc([N+](=O)[O-])cc1Cl. The summed E-state index contributed by atoms with van der Waals surface area (Å²) in [7, 11) is 0. The highest BCUT2D eigenvalue weighted by Crippen LogP contribution is 2.23. The minimum absolute atomic E-state index is 0.0438. The van der Waals surface area contributed by atoms with Crippen molar-refractivity contribution in [1.82, 2.24) is 4.90 Å². The number of hydrogen-bond donors (Lipinski definition) is 0. The highest BCUT2D eigenvalue weighted by molar-refractivity contribution is 6.33. The van der Waals surface area contributed by atoms with E-state index in [1.54, 1.807) is 4.90 Å². The van der Waals surface area contributed by atoms with E-state index in [1.165, 1.54) is 6.07 Å². The highest BCUT2D eigenvalue weighted by atomic mass is 35.5. The third-order valence-electron chi connectivity index (χ3n) is 4.50. The van der Waals surface area contributed by atoms with Gasteiger partial charge in [-0.3, -0.25) is 14.9 Å². The number of ether oxygens (including phenoxy) is 1. The van der Waals surface area contributed by atoms with Gasteiger partial charge in [0.1, 0.15) is 0 Å². The van der Waals surface area contributed by atoms with Gasteiger partial charge < -0.3 is 9.64 Å². The first kappa shape index (κ1) is 22.0. The zero-order valence-corrected chi connectivity index (χ0v) is 17.2. The van der Waals surface area contributed by atoms with E-state index in [4.69, 9.17) is 16.3 Å². The fourth-order valence-electron chi connectivity index (χ4n) is 2.92. The predicted octanol–water partition coefficient (Wildman–Crippen LogP) is 4.63. The molecule has 0 saturated heterocycles. The molecule has 0 bridgehead atoms. The number of rotatable bonds is 8. The van der Waals surface area contributed by atoms with Crippen molar-refractivity contribution in [2.24, 2.45) is 0 Å². The minimum atomic E-state index is -0.826. The largest absolute Gasteiger partial charge is 0.452 e. The average Bonchev–Trinajstić information content (AvgIpc) is 2.78. The zero-order chi connectivity index (χ0) is 22.2. The maximum absolute atomic E-state index is 12.8. The molecule has 0 N–H and O–H groups in total. The van der Waals surface area contributed by atoms with Crippen LogP contribution in [0.25, 0.3) is 0 Å². The number of carbonyl (C=O) groups excluding carboxylic acids is 2. The Balaban J connectivity index is 1.69. The maximum atomic E-state index is 12.8. The van der Waals surface area contributed by atoms with Gasteiger partial charge in [0, 0.05) is 25.2 Å². The van der Waals surface area contributed by atoms with Gasteiger partial charge in [0.05, 0.1) is 15.5 Å². The van der Waals surface area contributed by atoms with Crippen LogP contribution in [0, 0.1) is 10.1 Å². The summed E-state index contributed by atoms with van der Waals surface area (Å²) in [6, 6.07) is 22.4. The molecule has 0 aromatic heterocycles. The van der Waals surface area contributed by atoms with E-state index in [1.807, 2.05) is 60.7 Å². The number of amides is 1. The second-order valence-electron chi connectivity index (χ2n) is 6.72. The molecule has 0 unspecified atom stereocenters. The summed E-state index contributed by atoms with van der Waals surface area (Å²) in [6.07, 6.45) is 0. The van der Waals surface area contributed by atoms with E-state index < -0.39 is 17.5 Å². The summed E-state index contributed by atoms with van der Waals surface area (Å²) in [4.78, 5) is 37.0. The van der Waals surface area contributed by atoms with Crippen molar-refractivity contribution in [2.75, 3.05) is 6.61 Å². The van der Waals surface area contributed by atoms with Crippen LogP contribution < -0.4 is 0 Å². The molecule has 0 atom stereocenters. The molecule has 0 saturated carbocycles. The zero-order valence-electron chi connectivity index (χ0n) is 16.4. The fourth-order valence-corrected chi connectivity index (χ4v) is 3.17. The third kappa shape index (κ3) is 6.13. The highest BCUT2D eigenvalue weighted by Gasteiger charge is 2.20. The smallest absolute Gasteiger partial charge is 0.340 e. The Kier molecular flexibility index (Phi) is 7.35. The molecule has 1 amide bonds. The van der Waals surface area contributed by atoms with Crippen molar-refractivity contribution in [2.45, 2.75) is 13.1 Å². The fraction of sp³-hybridized carbons (Fsp3) is 0.130. The number of hydrogen-bond acceptors (Lipinski definition) is 5. The van der Waals surface area contributed by atoms with E-state index >= 15 is 0 Å². The van der Waals surface area contributed by atoms with E-state index in [0.717, 1.165) is 23.3 Å². The topological polar surface area (TPSA) is 89.8 Å². The van der Waals surface area contributed by atoms with Crippen molar-refractivity contribution < 1.29 is 19.2 Å². The molecule has 0 spiro atoms. The summed E-state index contributed by atoms with van der Waals surface area (Å²) >= 11 is 5.96. The first-order chi connectivity index (χ1) is 14.9. The normalized spacial score (nSPS) is 10.4. The number of benzene rings is 3. The number of esters is 1. The molecule has 3 rings (SSSR count). The molecule has 0 aliphatic rings. The Hall–Kier alpha value is -3.71. The Labute approximate surface area is 184 Å². The van der Waals surface area contributed by atoms with Crippen molar-refractivity contribution in [3.05, 3.63) is 111 Å². The second-order valence-corrected chi connectivity index (χ2v) is 7.13. The summed E-state index contributed by atoms with van der Waals surface area (Å²) < 4.78 is 5.14. The average molecular weight is 439 g/mol. The van der Waals surface area contributed by atoms with Crippen LogP contribution in [0.2, 0.25) is 5.02 Å². The van der Waals surface area contributed by atoms with E-state index in [9.17, 15) is 19.7 Å². The van der Waals surface area contributed by atoms with Gasteiger partial charge in [-0.05, 0) is 17.2 Å². The minimum Gasteiger partial charge on any atom is -0.452 e. The van der Waals surface area contributed by atoms with Gasteiger partial charge in [-0.2, -0.15) is 0 Å². The molecule has 7 nitrogen and oxygen atoms in total. The Morgan fingerprint density at radius 2 is 1.45 bits per heavy atom. The molecule has 0 radical (unpaired) electrons. The number of nitro groups is 1. The van der Waals surface area contributed by atoms with Crippen LogP contribution in [0.15, 0.2) is 78.9 Å². The van der Waals surface area contributed by atoms with Crippen LogP contribution in [-0.2, 0) is 22.6 Å². The number of non-ortho nitro benzene ring substituents is 1. The molecule has 31 heavy (non-hydrogen) atoms. The number of nitrogens with zero attached hydrogens (tertiary/aromatic N) is 2. The van der Waals surface area contributed by atoms with Gasteiger partial charge in [0.15, 0.2) is 6.61 Å². The Bertz CT molecular complexity index is 1030. The van der Waals surface area contributed by atoms with Gasteiger partial charge in [0.25, 0.3) is 11.6 Å². The molecule has 0 aliphatic heterocycles. The first-order valence-corrected chi connectivity index (χ1v) is 9.78. The van der Waals surface area contributed by atoms with Crippen LogP contribution in [0.3, 0.4) is 0 Å². The predicted molar refractivity (Wildman–Crippen MR) is 116 cm³/mol. The monoisotopic (exact) mass is 438 g/mol. The molecule has 3 aromatic carbocycles. The van der Waals surface area contributed by atoms with Gasteiger partial charge in [0.2, 0.25) is 0 Å². The number of nitro benzene ring substituents is 1. The lowest BCUT2D eigenvalue weighted by Gasteiger charge is -2.23. The maximum Gasteiger partial charge on any atom is 0.340 e. The van der Waals surface area contributed by atoms with Crippen molar-refractivity contribution in [3.8, 4) is 0 Å². The van der Waals surface area contributed by atoms with E-state index in [-0.39, 0.29) is 22.2 Å². The van der Waals surface area contributed by atoms with Crippen LogP contribution in [0.4, 0.5) is 5.69 Å². The van der Waals surface area contributed by atoms with Crippen LogP contribution in [0.5, 0.6) is 0 Å². The molecule has 0 fully saturated rings.